The fraction of sp³-hybridized carbons (Fsp3) is 0.421. The van der Waals surface area contributed by atoms with E-state index in [9.17, 15) is 4.79 Å². The lowest BCUT2D eigenvalue weighted by Gasteiger charge is -2.18. The van der Waals surface area contributed by atoms with Crippen LogP contribution >= 0.6 is 0 Å². The molecule has 1 aliphatic carbocycles. The summed E-state index contributed by atoms with van der Waals surface area (Å²) < 4.78 is 2.30. The number of hydrogen-bond acceptors (Lipinski definition) is 2. The third-order valence-corrected chi connectivity index (χ3v) is 5.10. The molecule has 2 aromatic rings. The Balaban J connectivity index is 1.72. The highest BCUT2D eigenvalue weighted by atomic mass is 16.1. The number of anilines is 1. The molecule has 0 radical (unpaired) electrons. The molecule has 120 valence electrons. The second-order valence-electron chi connectivity index (χ2n) is 6.74. The van der Waals surface area contributed by atoms with Gasteiger partial charge in [-0.25, -0.2) is 0 Å². The van der Waals surface area contributed by atoms with Crippen LogP contribution in [-0.2, 0) is 0 Å². The maximum Gasteiger partial charge on any atom is 0.250 e. The average Bonchev–Trinajstić information content (AvgIpc) is 3.10. The van der Waals surface area contributed by atoms with Gasteiger partial charge in [0.1, 0.15) is 0 Å². The van der Waals surface area contributed by atoms with Gasteiger partial charge in [-0.3, -0.25) is 4.79 Å². The van der Waals surface area contributed by atoms with Crippen molar-refractivity contribution >= 4 is 11.6 Å². The molecule has 1 aromatic heterocycles. The van der Waals surface area contributed by atoms with E-state index in [0.717, 1.165) is 30.0 Å². The van der Waals surface area contributed by atoms with Crippen molar-refractivity contribution in [3.05, 3.63) is 41.6 Å². The first-order chi connectivity index (χ1) is 11.1. The van der Waals surface area contributed by atoms with Gasteiger partial charge in [0.15, 0.2) is 0 Å². The number of primary amides is 1. The van der Waals surface area contributed by atoms with E-state index in [1.54, 1.807) is 0 Å². The molecule has 1 aliphatic heterocycles. The van der Waals surface area contributed by atoms with Crippen LogP contribution in [0.2, 0.25) is 0 Å². The maximum atomic E-state index is 11.7. The summed E-state index contributed by atoms with van der Waals surface area (Å²) in [6, 6.07) is 11.2. The minimum absolute atomic E-state index is 0.336. The first-order valence-electron chi connectivity index (χ1n) is 8.52. The summed E-state index contributed by atoms with van der Waals surface area (Å²) in [5.74, 6) is -0.336. The van der Waals surface area contributed by atoms with Crippen molar-refractivity contribution in [2.75, 3.05) is 18.0 Å². The van der Waals surface area contributed by atoms with Crippen molar-refractivity contribution < 1.29 is 4.79 Å². The number of benzene rings is 1. The number of nitrogens with two attached hydrogens (primary N) is 1. The Labute approximate surface area is 136 Å². The Bertz CT molecular complexity index is 735. The Morgan fingerprint density at radius 1 is 1.13 bits per heavy atom. The van der Waals surface area contributed by atoms with Crippen molar-refractivity contribution in [2.24, 2.45) is 5.73 Å². The highest BCUT2D eigenvalue weighted by molar-refractivity contribution is 5.95. The van der Waals surface area contributed by atoms with Gasteiger partial charge in [0.25, 0.3) is 5.91 Å². The zero-order chi connectivity index (χ0) is 16.0. The first-order valence-corrected chi connectivity index (χ1v) is 8.52. The molecule has 2 fully saturated rings. The topological polar surface area (TPSA) is 51.3 Å². The van der Waals surface area contributed by atoms with Gasteiger partial charge in [-0.15, -0.1) is 0 Å². The molecule has 1 aromatic carbocycles. The molecule has 0 spiro atoms. The van der Waals surface area contributed by atoms with E-state index in [1.165, 1.54) is 31.4 Å². The number of hydrogen-bond donors (Lipinski definition) is 1. The van der Waals surface area contributed by atoms with Gasteiger partial charge in [-0.05, 0) is 56.4 Å². The van der Waals surface area contributed by atoms with Crippen LogP contribution in [0.25, 0.3) is 11.3 Å². The summed E-state index contributed by atoms with van der Waals surface area (Å²) in [4.78, 5) is 14.1. The van der Waals surface area contributed by atoms with Gasteiger partial charge in [0.05, 0.1) is 5.56 Å². The fourth-order valence-electron chi connectivity index (χ4n) is 3.71. The molecular weight excluding hydrogens is 286 g/mol. The molecule has 0 unspecified atom stereocenters. The number of amides is 1. The lowest BCUT2D eigenvalue weighted by atomic mass is 10.1. The van der Waals surface area contributed by atoms with E-state index in [0.29, 0.717) is 11.6 Å². The Kier molecular flexibility index (Phi) is 3.40. The molecule has 1 amide bonds. The lowest BCUT2D eigenvalue weighted by molar-refractivity contribution is 0.0999. The van der Waals surface area contributed by atoms with E-state index in [4.69, 9.17) is 5.73 Å². The molecule has 4 nitrogen and oxygen atoms in total. The maximum absolute atomic E-state index is 11.7. The third-order valence-electron chi connectivity index (χ3n) is 5.10. The number of nitrogens with zero attached hydrogens (tertiary/aromatic N) is 2. The highest BCUT2D eigenvalue weighted by Gasteiger charge is 2.29. The predicted octanol–water partition coefficient (Wildman–Crippen LogP) is 3.50. The van der Waals surface area contributed by atoms with Gasteiger partial charge in [0, 0.05) is 36.2 Å². The zero-order valence-corrected chi connectivity index (χ0v) is 13.6. The molecular formula is C19H23N3O. The van der Waals surface area contributed by atoms with Crippen LogP contribution in [0.3, 0.4) is 0 Å². The Morgan fingerprint density at radius 2 is 1.78 bits per heavy atom. The molecule has 4 rings (SSSR count). The first kappa shape index (κ1) is 14.4. The van der Waals surface area contributed by atoms with Crippen LogP contribution in [-0.4, -0.2) is 23.6 Å². The average molecular weight is 309 g/mol. The largest absolute Gasteiger partial charge is 0.372 e. The van der Waals surface area contributed by atoms with Crippen molar-refractivity contribution in [3.8, 4) is 11.3 Å². The number of carbonyl (C=O) groups is 1. The minimum atomic E-state index is -0.336. The van der Waals surface area contributed by atoms with Gasteiger partial charge in [0.2, 0.25) is 0 Å². The number of rotatable bonds is 4. The van der Waals surface area contributed by atoms with Crippen LogP contribution in [0, 0.1) is 6.92 Å². The van der Waals surface area contributed by atoms with Gasteiger partial charge >= 0.3 is 0 Å². The highest BCUT2D eigenvalue weighted by Crippen LogP contribution is 2.41. The number of carbonyl (C=O) groups excluding carboxylic acids is 1. The van der Waals surface area contributed by atoms with Crippen molar-refractivity contribution in [1.82, 2.24) is 4.57 Å². The van der Waals surface area contributed by atoms with E-state index in [1.807, 2.05) is 13.0 Å². The molecule has 1 saturated heterocycles. The van der Waals surface area contributed by atoms with Crippen molar-refractivity contribution in [2.45, 2.75) is 38.6 Å². The summed E-state index contributed by atoms with van der Waals surface area (Å²) in [7, 11) is 0. The smallest absolute Gasteiger partial charge is 0.250 e. The van der Waals surface area contributed by atoms with Gasteiger partial charge < -0.3 is 15.2 Å². The van der Waals surface area contributed by atoms with Crippen LogP contribution in [0.4, 0.5) is 5.69 Å². The summed E-state index contributed by atoms with van der Waals surface area (Å²) in [5.41, 5.74) is 10.8. The van der Waals surface area contributed by atoms with Crippen LogP contribution < -0.4 is 10.6 Å². The minimum Gasteiger partial charge on any atom is -0.372 e. The zero-order valence-electron chi connectivity index (χ0n) is 13.6. The van der Waals surface area contributed by atoms with Crippen LogP contribution in [0.5, 0.6) is 0 Å². The van der Waals surface area contributed by atoms with E-state index in [2.05, 4.69) is 33.7 Å². The van der Waals surface area contributed by atoms with Gasteiger partial charge in [-0.2, -0.15) is 0 Å². The van der Waals surface area contributed by atoms with E-state index >= 15 is 0 Å². The van der Waals surface area contributed by atoms with E-state index < -0.39 is 0 Å². The predicted molar refractivity (Wildman–Crippen MR) is 92.8 cm³/mol. The lowest BCUT2D eigenvalue weighted by Crippen LogP contribution is -2.17. The normalized spacial score (nSPS) is 17.7. The quantitative estimate of drug-likeness (QED) is 0.940. The molecule has 2 heterocycles. The molecule has 4 heteroatoms. The molecule has 1 saturated carbocycles. The monoisotopic (exact) mass is 309 g/mol. The molecule has 2 N–H and O–H groups in total. The number of aromatic nitrogens is 1. The second-order valence-corrected chi connectivity index (χ2v) is 6.74. The summed E-state index contributed by atoms with van der Waals surface area (Å²) in [5, 5.41) is 0. The third kappa shape index (κ3) is 2.52. The summed E-state index contributed by atoms with van der Waals surface area (Å²) in [6.45, 7) is 4.31. The SMILES string of the molecule is Cc1c(C(N)=O)cc(-c2ccc(N3CCCC3)cc2)n1C1CC1. The van der Waals surface area contributed by atoms with Crippen molar-refractivity contribution in [3.63, 3.8) is 0 Å². The van der Waals surface area contributed by atoms with Crippen LogP contribution in [0.15, 0.2) is 30.3 Å². The second kappa shape index (κ2) is 5.44. The Morgan fingerprint density at radius 3 is 2.35 bits per heavy atom. The van der Waals surface area contributed by atoms with Crippen LogP contribution in [0.1, 0.15) is 47.8 Å². The Hall–Kier alpha value is -2.23. The summed E-state index contributed by atoms with van der Waals surface area (Å²) in [6.07, 6.45) is 4.94. The van der Waals surface area contributed by atoms with Crippen molar-refractivity contribution in [1.29, 1.82) is 0 Å². The summed E-state index contributed by atoms with van der Waals surface area (Å²) >= 11 is 0. The molecule has 0 bridgehead atoms. The molecule has 0 atom stereocenters. The van der Waals surface area contributed by atoms with E-state index in [-0.39, 0.29) is 5.91 Å². The fourth-order valence-corrected chi connectivity index (χ4v) is 3.71. The standard InChI is InChI=1S/C19H23N3O/c1-13-17(19(20)23)12-18(22(13)16-8-9-16)14-4-6-15(7-5-14)21-10-2-3-11-21/h4-7,12,16H,2-3,8-11H2,1H3,(H2,20,23). The molecule has 2 aliphatic rings. The molecule has 23 heavy (non-hydrogen) atoms. The van der Waals surface area contributed by atoms with Gasteiger partial charge in [-0.1, -0.05) is 12.1 Å².